The molecule has 0 radical (unpaired) electrons. The zero-order valence-corrected chi connectivity index (χ0v) is 23.1. The number of benzene rings is 2. The molecule has 10 heteroatoms. The Morgan fingerprint density at radius 2 is 1.65 bits per heavy atom. The van der Waals surface area contributed by atoms with Crippen LogP contribution >= 0.6 is 0 Å². The van der Waals surface area contributed by atoms with Crippen LogP contribution in [0.15, 0.2) is 107 Å². The maximum atomic E-state index is 14.3. The molecule has 0 bridgehead atoms. The monoisotopic (exact) mass is 574 g/mol. The van der Waals surface area contributed by atoms with Crippen LogP contribution in [0.3, 0.4) is 0 Å². The van der Waals surface area contributed by atoms with Gasteiger partial charge in [-0.05, 0) is 67.1 Å². The van der Waals surface area contributed by atoms with Gasteiger partial charge in [0.2, 0.25) is 0 Å². The summed E-state index contributed by atoms with van der Waals surface area (Å²) < 4.78 is 18.8. The van der Waals surface area contributed by atoms with E-state index in [4.69, 9.17) is 0 Å². The van der Waals surface area contributed by atoms with Crippen molar-refractivity contribution in [3.05, 3.63) is 130 Å². The molecule has 0 saturated heterocycles. The summed E-state index contributed by atoms with van der Waals surface area (Å²) in [6.07, 6.45) is 6.65. The number of carbonyl (C=O) groups is 1. The van der Waals surface area contributed by atoms with Gasteiger partial charge in [-0.25, -0.2) is 23.7 Å². The first kappa shape index (κ1) is 26.5. The maximum absolute atomic E-state index is 14.3. The van der Waals surface area contributed by atoms with E-state index in [0.29, 0.717) is 42.7 Å². The number of imidazole rings is 1. The lowest BCUT2D eigenvalue weighted by Gasteiger charge is -2.30. The zero-order valence-electron chi connectivity index (χ0n) is 23.1. The number of rotatable bonds is 5. The molecule has 1 amide bonds. The summed E-state index contributed by atoms with van der Waals surface area (Å²) in [7, 11) is 0. The molecular formula is C33H27FN6O3. The van der Waals surface area contributed by atoms with Crippen LogP contribution in [-0.4, -0.2) is 35.5 Å². The second-order valence-electron chi connectivity index (χ2n) is 10.8. The Morgan fingerprint density at radius 3 is 2.44 bits per heavy atom. The Balaban J connectivity index is 1.20. The summed E-state index contributed by atoms with van der Waals surface area (Å²) in [5, 5.41) is 3.08. The SMILES string of the molecule is O=C(NC1CCC(n2c(=O)c3cc(F)cnc3n(-c3cccc(-c4ccccc4)c3)c2=O)CC1)c1cn2ccccc2n1. The van der Waals surface area contributed by atoms with E-state index in [1.807, 2.05) is 72.9 Å². The summed E-state index contributed by atoms with van der Waals surface area (Å²) in [6, 6.07) is 23.3. The van der Waals surface area contributed by atoms with E-state index in [0.717, 1.165) is 23.4 Å². The molecule has 0 atom stereocenters. The second-order valence-corrected chi connectivity index (χ2v) is 10.8. The minimum atomic E-state index is -0.655. The molecule has 0 spiro atoms. The Morgan fingerprint density at radius 1 is 0.884 bits per heavy atom. The van der Waals surface area contributed by atoms with E-state index in [-0.39, 0.29) is 23.0 Å². The fourth-order valence-electron chi connectivity index (χ4n) is 5.97. The fraction of sp³-hybridized carbons (Fsp3) is 0.182. The number of fused-ring (bicyclic) bond motifs is 2. The first-order valence-electron chi connectivity index (χ1n) is 14.2. The average Bonchev–Trinajstić information content (AvgIpc) is 3.48. The largest absolute Gasteiger partial charge is 0.348 e. The summed E-state index contributed by atoms with van der Waals surface area (Å²) in [4.78, 5) is 49.2. The Bertz CT molecular complexity index is 2080. The number of aromatic nitrogens is 5. The van der Waals surface area contributed by atoms with E-state index < -0.39 is 23.1 Å². The lowest BCUT2D eigenvalue weighted by Crippen LogP contribution is -2.45. The topological polar surface area (TPSA) is 103 Å². The highest BCUT2D eigenvalue weighted by molar-refractivity contribution is 5.93. The van der Waals surface area contributed by atoms with E-state index in [2.05, 4.69) is 15.3 Å². The molecule has 9 nitrogen and oxygen atoms in total. The molecule has 214 valence electrons. The predicted molar refractivity (Wildman–Crippen MR) is 161 cm³/mol. The molecule has 1 N–H and O–H groups in total. The number of carbonyl (C=O) groups excluding carboxylic acids is 1. The molecule has 7 rings (SSSR count). The van der Waals surface area contributed by atoms with E-state index >= 15 is 0 Å². The predicted octanol–water partition coefficient (Wildman–Crippen LogP) is 4.91. The van der Waals surface area contributed by atoms with Crippen molar-refractivity contribution in [3.8, 4) is 16.8 Å². The van der Waals surface area contributed by atoms with Crippen molar-refractivity contribution in [2.75, 3.05) is 0 Å². The van der Waals surface area contributed by atoms with Gasteiger partial charge in [0.25, 0.3) is 11.5 Å². The third kappa shape index (κ3) is 4.90. The first-order chi connectivity index (χ1) is 21.0. The van der Waals surface area contributed by atoms with Crippen molar-refractivity contribution >= 4 is 22.6 Å². The van der Waals surface area contributed by atoms with Gasteiger partial charge < -0.3 is 9.72 Å². The van der Waals surface area contributed by atoms with Gasteiger partial charge in [-0.2, -0.15) is 0 Å². The minimum absolute atomic E-state index is 0.0342. The van der Waals surface area contributed by atoms with Gasteiger partial charge in [0.1, 0.15) is 17.2 Å². The molecule has 0 unspecified atom stereocenters. The van der Waals surface area contributed by atoms with Crippen LogP contribution in [-0.2, 0) is 0 Å². The number of nitrogens with zero attached hydrogens (tertiary/aromatic N) is 5. The van der Waals surface area contributed by atoms with Crippen LogP contribution in [0.1, 0.15) is 42.2 Å². The van der Waals surface area contributed by atoms with Gasteiger partial charge in [-0.15, -0.1) is 0 Å². The van der Waals surface area contributed by atoms with Gasteiger partial charge in [-0.3, -0.25) is 14.2 Å². The highest BCUT2D eigenvalue weighted by Crippen LogP contribution is 2.28. The van der Waals surface area contributed by atoms with Crippen LogP contribution in [0, 0.1) is 5.82 Å². The Hall–Kier alpha value is -5.38. The lowest BCUT2D eigenvalue weighted by molar-refractivity contribution is 0.0917. The fourth-order valence-corrected chi connectivity index (χ4v) is 5.97. The molecule has 4 heterocycles. The lowest BCUT2D eigenvalue weighted by atomic mass is 9.90. The van der Waals surface area contributed by atoms with Gasteiger partial charge in [0.05, 0.1) is 17.3 Å². The molecule has 1 fully saturated rings. The van der Waals surface area contributed by atoms with Crippen LogP contribution in [0.25, 0.3) is 33.5 Å². The van der Waals surface area contributed by atoms with E-state index in [1.165, 1.54) is 9.13 Å². The summed E-state index contributed by atoms with van der Waals surface area (Å²) >= 11 is 0. The van der Waals surface area contributed by atoms with Gasteiger partial charge in [0.15, 0.2) is 5.65 Å². The molecule has 2 aromatic carbocycles. The van der Waals surface area contributed by atoms with Crippen molar-refractivity contribution in [1.82, 2.24) is 28.8 Å². The molecule has 1 aliphatic carbocycles. The number of pyridine rings is 2. The highest BCUT2D eigenvalue weighted by Gasteiger charge is 2.28. The molecular weight excluding hydrogens is 547 g/mol. The number of amides is 1. The number of hydrogen-bond donors (Lipinski definition) is 1. The quantitative estimate of drug-likeness (QED) is 0.315. The number of nitrogens with one attached hydrogen (secondary N) is 1. The second kappa shape index (κ2) is 10.8. The van der Waals surface area contributed by atoms with Crippen molar-refractivity contribution in [3.63, 3.8) is 0 Å². The number of halogens is 1. The van der Waals surface area contributed by atoms with Crippen molar-refractivity contribution < 1.29 is 9.18 Å². The Kier molecular flexibility index (Phi) is 6.65. The van der Waals surface area contributed by atoms with Gasteiger partial charge in [-0.1, -0.05) is 48.5 Å². The van der Waals surface area contributed by atoms with E-state index in [1.54, 1.807) is 16.7 Å². The third-order valence-electron chi connectivity index (χ3n) is 8.10. The molecule has 0 aliphatic heterocycles. The van der Waals surface area contributed by atoms with Gasteiger partial charge in [0, 0.05) is 24.5 Å². The van der Waals surface area contributed by atoms with Crippen LogP contribution in [0.5, 0.6) is 0 Å². The normalized spacial score (nSPS) is 16.9. The standard InChI is InChI=1S/C33H27FN6O3/c34-23-18-27-30(35-19-23)39(26-10-6-9-22(17-26)21-7-2-1-3-8-21)33(43)40(32(27)42)25-14-12-24(13-15-25)36-31(41)28-20-38-16-5-4-11-29(38)37-28/h1-11,16-20,24-25H,12-15H2,(H,36,41). The van der Waals surface area contributed by atoms with Crippen molar-refractivity contribution in [2.24, 2.45) is 0 Å². The Labute approximate surface area is 244 Å². The number of hydrogen-bond acceptors (Lipinski definition) is 5. The highest BCUT2D eigenvalue weighted by atomic mass is 19.1. The van der Waals surface area contributed by atoms with Crippen LogP contribution in [0.4, 0.5) is 4.39 Å². The molecule has 4 aromatic heterocycles. The van der Waals surface area contributed by atoms with E-state index in [9.17, 15) is 18.8 Å². The maximum Gasteiger partial charge on any atom is 0.337 e. The van der Waals surface area contributed by atoms with Crippen LogP contribution < -0.4 is 16.6 Å². The molecule has 43 heavy (non-hydrogen) atoms. The van der Waals surface area contributed by atoms with Crippen LogP contribution in [0.2, 0.25) is 0 Å². The van der Waals surface area contributed by atoms with Gasteiger partial charge >= 0.3 is 5.69 Å². The molecule has 1 aliphatic rings. The third-order valence-corrected chi connectivity index (χ3v) is 8.10. The summed E-state index contributed by atoms with van der Waals surface area (Å²) in [5.74, 6) is -0.921. The minimum Gasteiger partial charge on any atom is -0.348 e. The molecule has 1 saturated carbocycles. The smallest absolute Gasteiger partial charge is 0.337 e. The molecule has 6 aromatic rings. The summed E-state index contributed by atoms with van der Waals surface area (Å²) in [5.41, 5.74) is 2.40. The van der Waals surface area contributed by atoms with Crippen molar-refractivity contribution in [2.45, 2.75) is 37.8 Å². The summed E-state index contributed by atoms with van der Waals surface area (Å²) in [6.45, 7) is 0. The average molecular weight is 575 g/mol. The van der Waals surface area contributed by atoms with Crippen molar-refractivity contribution in [1.29, 1.82) is 0 Å². The first-order valence-corrected chi connectivity index (χ1v) is 14.2. The zero-order chi connectivity index (χ0) is 29.5.